The summed E-state index contributed by atoms with van der Waals surface area (Å²) in [4.78, 5) is 23.2. The summed E-state index contributed by atoms with van der Waals surface area (Å²) in [7, 11) is 0. The molecular weight excluding hydrogens is 258 g/mol. The number of carbonyl (C=O) groups is 1. The van der Waals surface area contributed by atoms with Crippen LogP contribution in [0.5, 0.6) is 0 Å². The van der Waals surface area contributed by atoms with E-state index in [9.17, 15) is 9.59 Å². The predicted molar refractivity (Wildman–Crippen MR) is 66.9 cm³/mol. The van der Waals surface area contributed by atoms with E-state index in [1.807, 2.05) is 0 Å². The summed E-state index contributed by atoms with van der Waals surface area (Å²) in [5.74, 6) is -0.584. The van der Waals surface area contributed by atoms with Gasteiger partial charge in [0.05, 0.1) is 6.61 Å². The van der Waals surface area contributed by atoms with Gasteiger partial charge in [-0.25, -0.2) is 4.79 Å². The molecule has 0 aliphatic carbocycles. The van der Waals surface area contributed by atoms with Gasteiger partial charge in [0.2, 0.25) is 0 Å². The Bertz CT molecular complexity index is 650. The Morgan fingerprint density at radius 2 is 2.17 bits per heavy atom. The summed E-state index contributed by atoms with van der Waals surface area (Å²) in [6.07, 6.45) is 0. The molecule has 2 N–H and O–H groups in total. The molecule has 0 aliphatic rings. The van der Waals surface area contributed by atoms with Crippen molar-refractivity contribution in [2.75, 3.05) is 13.2 Å². The predicted octanol–water partition coefficient (Wildman–Crippen LogP) is 1.17. The zero-order valence-electron chi connectivity index (χ0n) is 9.27. The average molecular weight is 268 g/mol. The summed E-state index contributed by atoms with van der Waals surface area (Å²) in [5.41, 5.74) is -0.471. The Kier molecular flexibility index (Phi) is 3.64. The number of nitrogens with one attached hydrogen (secondary N) is 1. The Morgan fingerprint density at radius 1 is 1.39 bits per heavy atom. The van der Waals surface area contributed by atoms with Crippen LogP contribution in [0.25, 0.3) is 11.0 Å². The highest BCUT2D eigenvalue weighted by molar-refractivity contribution is 6.31. The number of carbonyl (C=O) groups excluding carboxylic acids is 1. The largest absolute Gasteiger partial charge is 0.422 e. The van der Waals surface area contributed by atoms with Crippen LogP contribution < -0.4 is 10.9 Å². The van der Waals surface area contributed by atoms with Gasteiger partial charge in [-0.05, 0) is 24.3 Å². The number of aliphatic hydroxyl groups is 1. The first-order chi connectivity index (χ1) is 8.61. The second kappa shape index (κ2) is 5.20. The molecule has 0 aliphatic heterocycles. The topological polar surface area (TPSA) is 79.5 Å². The van der Waals surface area contributed by atoms with E-state index in [0.29, 0.717) is 16.0 Å². The van der Waals surface area contributed by atoms with Gasteiger partial charge >= 0.3 is 5.63 Å². The number of benzene rings is 1. The van der Waals surface area contributed by atoms with Crippen LogP contribution in [0.4, 0.5) is 0 Å². The van der Waals surface area contributed by atoms with E-state index in [0.717, 1.165) is 0 Å². The second-order valence-corrected chi connectivity index (χ2v) is 4.05. The molecule has 0 saturated carbocycles. The van der Waals surface area contributed by atoms with Crippen LogP contribution in [0.15, 0.2) is 33.5 Å². The Labute approximate surface area is 107 Å². The van der Waals surface area contributed by atoms with E-state index in [4.69, 9.17) is 21.1 Å². The molecule has 1 heterocycles. The van der Waals surface area contributed by atoms with Crippen molar-refractivity contribution in [2.45, 2.75) is 0 Å². The van der Waals surface area contributed by atoms with Gasteiger partial charge < -0.3 is 14.8 Å². The summed E-state index contributed by atoms with van der Waals surface area (Å²) in [6.45, 7) is -0.123. The van der Waals surface area contributed by atoms with Gasteiger partial charge in [0, 0.05) is 17.0 Å². The van der Waals surface area contributed by atoms with Gasteiger partial charge in [-0.2, -0.15) is 0 Å². The molecule has 0 spiro atoms. The molecule has 1 aromatic carbocycles. The van der Waals surface area contributed by atoms with Crippen LogP contribution in [0, 0.1) is 0 Å². The monoisotopic (exact) mass is 267 g/mol. The third kappa shape index (κ3) is 2.52. The highest BCUT2D eigenvalue weighted by atomic mass is 35.5. The number of hydrogen-bond donors (Lipinski definition) is 2. The van der Waals surface area contributed by atoms with Gasteiger partial charge in [-0.3, -0.25) is 4.79 Å². The molecule has 6 heteroatoms. The van der Waals surface area contributed by atoms with Crippen LogP contribution in [0.3, 0.4) is 0 Å². The molecule has 0 unspecified atom stereocenters. The number of hydrogen-bond acceptors (Lipinski definition) is 4. The number of rotatable bonds is 3. The Morgan fingerprint density at radius 3 is 2.89 bits per heavy atom. The zero-order chi connectivity index (χ0) is 13.1. The van der Waals surface area contributed by atoms with Crippen molar-refractivity contribution in [3.05, 3.63) is 45.3 Å². The van der Waals surface area contributed by atoms with Gasteiger partial charge in [-0.1, -0.05) is 11.6 Å². The third-order valence-electron chi connectivity index (χ3n) is 2.34. The number of amides is 1. The fraction of sp³-hybridized carbons (Fsp3) is 0.167. The standard InChI is InChI=1S/C12H10ClNO4/c13-8-1-2-10-7(5-8)6-9(12(17)18-10)11(16)14-3-4-15/h1-2,5-6,15H,3-4H2,(H,14,16). The minimum absolute atomic E-state index is 0.0753. The molecule has 0 radical (unpaired) electrons. The molecule has 1 amide bonds. The highest BCUT2D eigenvalue weighted by Gasteiger charge is 2.13. The quantitative estimate of drug-likeness (QED) is 0.818. The maximum atomic E-state index is 11.6. The van der Waals surface area contributed by atoms with E-state index < -0.39 is 11.5 Å². The van der Waals surface area contributed by atoms with E-state index in [1.165, 1.54) is 6.07 Å². The number of fused-ring (bicyclic) bond motifs is 1. The number of halogens is 1. The van der Waals surface area contributed by atoms with Crippen molar-refractivity contribution in [2.24, 2.45) is 0 Å². The molecule has 0 atom stereocenters. The van der Waals surface area contributed by atoms with E-state index in [-0.39, 0.29) is 18.7 Å². The molecule has 2 rings (SSSR count). The molecule has 18 heavy (non-hydrogen) atoms. The highest BCUT2D eigenvalue weighted by Crippen LogP contribution is 2.18. The molecule has 0 fully saturated rings. The van der Waals surface area contributed by atoms with Crippen molar-refractivity contribution in [1.29, 1.82) is 0 Å². The minimum Gasteiger partial charge on any atom is -0.422 e. The number of aliphatic hydroxyl groups excluding tert-OH is 1. The Balaban J connectivity index is 2.48. The smallest absolute Gasteiger partial charge is 0.349 e. The lowest BCUT2D eigenvalue weighted by molar-refractivity contribution is 0.0941. The molecule has 2 aromatic rings. The summed E-state index contributed by atoms with van der Waals surface area (Å²) in [5, 5.41) is 12.0. The molecule has 94 valence electrons. The van der Waals surface area contributed by atoms with E-state index in [2.05, 4.69) is 5.32 Å². The van der Waals surface area contributed by atoms with Gasteiger partial charge in [0.1, 0.15) is 11.1 Å². The lowest BCUT2D eigenvalue weighted by atomic mass is 10.2. The van der Waals surface area contributed by atoms with E-state index in [1.54, 1.807) is 18.2 Å². The van der Waals surface area contributed by atoms with Crippen LogP contribution >= 0.6 is 11.6 Å². The minimum atomic E-state index is -0.722. The second-order valence-electron chi connectivity index (χ2n) is 3.61. The summed E-state index contributed by atoms with van der Waals surface area (Å²) < 4.78 is 5.01. The Hall–Kier alpha value is -1.85. The molecule has 0 bridgehead atoms. The SMILES string of the molecule is O=C(NCCO)c1cc2cc(Cl)ccc2oc1=O. The first-order valence-electron chi connectivity index (χ1n) is 5.24. The van der Waals surface area contributed by atoms with Crippen molar-refractivity contribution in [1.82, 2.24) is 5.32 Å². The van der Waals surface area contributed by atoms with E-state index >= 15 is 0 Å². The normalized spacial score (nSPS) is 10.6. The van der Waals surface area contributed by atoms with Crippen molar-refractivity contribution in [3.8, 4) is 0 Å². The van der Waals surface area contributed by atoms with Crippen LogP contribution in [-0.2, 0) is 0 Å². The van der Waals surface area contributed by atoms with Crippen LogP contribution in [0.2, 0.25) is 5.02 Å². The summed E-state index contributed by atoms with van der Waals surface area (Å²) >= 11 is 5.82. The van der Waals surface area contributed by atoms with Crippen LogP contribution in [-0.4, -0.2) is 24.2 Å². The maximum absolute atomic E-state index is 11.6. The fourth-order valence-corrected chi connectivity index (χ4v) is 1.70. The zero-order valence-corrected chi connectivity index (χ0v) is 10.0. The average Bonchev–Trinajstić information content (AvgIpc) is 2.35. The lowest BCUT2D eigenvalue weighted by Gasteiger charge is -2.03. The van der Waals surface area contributed by atoms with Gasteiger partial charge in [0.25, 0.3) is 5.91 Å². The maximum Gasteiger partial charge on any atom is 0.349 e. The van der Waals surface area contributed by atoms with Crippen molar-refractivity contribution >= 4 is 28.5 Å². The molecule has 0 saturated heterocycles. The van der Waals surface area contributed by atoms with Crippen LogP contribution in [0.1, 0.15) is 10.4 Å². The third-order valence-corrected chi connectivity index (χ3v) is 2.57. The first kappa shape index (κ1) is 12.6. The van der Waals surface area contributed by atoms with Crippen molar-refractivity contribution < 1.29 is 14.3 Å². The fourth-order valence-electron chi connectivity index (χ4n) is 1.52. The van der Waals surface area contributed by atoms with Gasteiger partial charge in [-0.15, -0.1) is 0 Å². The van der Waals surface area contributed by atoms with Gasteiger partial charge in [0.15, 0.2) is 0 Å². The molecule has 1 aromatic heterocycles. The molecule has 5 nitrogen and oxygen atoms in total. The molecular formula is C12H10ClNO4. The summed E-state index contributed by atoms with van der Waals surface area (Å²) in [6, 6.07) is 6.18. The lowest BCUT2D eigenvalue weighted by Crippen LogP contribution is -2.30. The first-order valence-corrected chi connectivity index (χ1v) is 5.62. The van der Waals surface area contributed by atoms with Crippen molar-refractivity contribution in [3.63, 3.8) is 0 Å².